The van der Waals surface area contributed by atoms with Gasteiger partial charge in [-0.25, -0.2) is 8.42 Å². The van der Waals surface area contributed by atoms with Gasteiger partial charge in [0.15, 0.2) is 11.6 Å². The SMILES string of the molecule is COc1cc(/C=C2/C(=N)N3N=C(S(C)(=O)=O)SC3=NC2=O)cc(Cl)c1OS(C)(=O)=O. The van der Waals surface area contributed by atoms with E-state index in [4.69, 9.17) is 25.9 Å². The molecule has 1 aromatic rings. The molecule has 0 saturated heterocycles. The summed E-state index contributed by atoms with van der Waals surface area (Å²) < 4.78 is 55.8. The van der Waals surface area contributed by atoms with Gasteiger partial charge in [-0.2, -0.15) is 18.4 Å². The van der Waals surface area contributed by atoms with Gasteiger partial charge in [-0.05, 0) is 35.5 Å². The highest BCUT2D eigenvalue weighted by molar-refractivity contribution is 8.42. The molecule has 1 aromatic carbocycles. The summed E-state index contributed by atoms with van der Waals surface area (Å²) in [5.74, 6) is -1.42. The van der Waals surface area contributed by atoms with E-state index in [-0.39, 0.29) is 43.0 Å². The molecule has 1 amide bonds. The van der Waals surface area contributed by atoms with Crippen molar-refractivity contribution in [1.29, 1.82) is 5.41 Å². The number of halogens is 1. The maximum absolute atomic E-state index is 12.4. The van der Waals surface area contributed by atoms with Gasteiger partial charge in [0.25, 0.3) is 5.91 Å². The number of hydrogen-bond acceptors (Lipinski definition) is 10. The number of aliphatic imine (C=N–C) groups is 1. The van der Waals surface area contributed by atoms with Crippen molar-refractivity contribution in [1.82, 2.24) is 5.01 Å². The minimum atomic E-state index is -3.88. The molecule has 3 rings (SSSR count). The Morgan fingerprint density at radius 3 is 2.47 bits per heavy atom. The maximum atomic E-state index is 12.4. The Balaban J connectivity index is 2.04. The largest absolute Gasteiger partial charge is 0.493 e. The van der Waals surface area contributed by atoms with Crippen molar-refractivity contribution in [2.75, 3.05) is 19.6 Å². The van der Waals surface area contributed by atoms with Crippen LogP contribution in [0.25, 0.3) is 6.08 Å². The molecule has 0 atom stereocenters. The zero-order valence-corrected chi connectivity index (χ0v) is 18.7. The molecule has 0 aromatic heterocycles. The number of rotatable bonds is 4. The van der Waals surface area contributed by atoms with Gasteiger partial charge in [-0.3, -0.25) is 10.2 Å². The van der Waals surface area contributed by atoms with Crippen LogP contribution in [0.5, 0.6) is 11.5 Å². The van der Waals surface area contributed by atoms with E-state index < -0.39 is 25.9 Å². The third-order valence-electron chi connectivity index (χ3n) is 3.55. The van der Waals surface area contributed by atoms with Crippen LogP contribution in [0, 0.1) is 5.41 Å². The number of thioether (sulfide) groups is 1. The number of ether oxygens (including phenoxy) is 1. The lowest BCUT2D eigenvalue weighted by Gasteiger charge is -2.20. The van der Waals surface area contributed by atoms with Gasteiger partial charge in [0.1, 0.15) is 0 Å². The minimum Gasteiger partial charge on any atom is -0.493 e. The number of benzene rings is 1. The number of hydrogen-bond donors (Lipinski definition) is 1. The molecule has 0 radical (unpaired) electrons. The molecule has 30 heavy (non-hydrogen) atoms. The number of nitrogens with one attached hydrogen (secondary N) is 1. The Hall–Kier alpha value is -2.42. The first-order chi connectivity index (χ1) is 13.8. The Labute approximate surface area is 180 Å². The molecular weight excluding hydrogens is 480 g/mol. The van der Waals surface area contributed by atoms with Gasteiger partial charge in [0, 0.05) is 6.26 Å². The monoisotopic (exact) mass is 492 g/mol. The lowest BCUT2D eigenvalue weighted by atomic mass is 10.1. The highest BCUT2D eigenvalue weighted by Crippen LogP contribution is 2.38. The van der Waals surface area contributed by atoms with Crippen LogP contribution in [-0.2, 0) is 24.7 Å². The van der Waals surface area contributed by atoms with Gasteiger partial charge in [-0.15, -0.1) is 5.10 Å². The van der Waals surface area contributed by atoms with E-state index in [9.17, 15) is 21.6 Å². The van der Waals surface area contributed by atoms with Crippen molar-refractivity contribution in [2.45, 2.75) is 0 Å². The standard InChI is InChI=1S/C15H13ClN4O7S3/c1-26-10-6-7(5-9(16)11(10)27-30(3,24)25)4-8-12(17)20-14(18-13(8)21)28-15(19-20)29(2,22)23/h4-6,17H,1-3H3/b8-4-,17-12?. The van der Waals surface area contributed by atoms with E-state index in [1.807, 2.05) is 0 Å². The number of fused-ring (bicyclic) bond motifs is 1. The predicted octanol–water partition coefficient (Wildman–Crippen LogP) is 1.31. The third kappa shape index (κ3) is 4.50. The molecule has 11 nitrogen and oxygen atoms in total. The zero-order valence-electron chi connectivity index (χ0n) is 15.5. The zero-order chi connectivity index (χ0) is 22.4. The number of sulfone groups is 1. The molecule has 15 heteroatoms. The number of hydrazone groups is 1. The Kier molecular flexibility index (Phi) is 5.70. The average molecular weight is 493 g/mol. The van der Waals surface area contributed by atoms with Gasteiger partial charge in [-0.1, -0.05) is 11.6 Å². The molecule has 2 heterocycles. The quantitative estimate of drug-likeness (QED) is 0.483. The van der Waals surface area contributed by atoms with Crippen molar-refractivity contribution in [3.05, 3.63) is 28.3 Å². The summed E-state index contributed by atoms with van der Waals surface area (Å²) >= 11 is 6.77. The van der Waals surface area contributed by atoms with Crippen LogP contribution in [0.15, 0.2) is 27.8 Å². The second kappa shape index (κ2) is 7.68. The number of methoxy groups -OCH3 is 1. The molecule has 0 saturated carbocycles. The van der Waals surface area contributed by atoms with E-state index in [1.54, 1.807) is 0 Å². The van der Waals surface area contributed by atoms with Crippen LogP contribution in [0.1, 0.15) is 5.56 Å². The third-order valence-corrected chi connectivity index (χ3v) is 6.88. The number of amides is 1. The lowest BCUT2D eigenvalue weighted by Crippen LogP contribution is -2.35. The van der Waals surface area contributed by atoms with Crippen LogP contribution in [-0.4, -0.2) is 62.8 Å². The lowest BCUT2D eigenvalue weighted by molar-refractivity contribution is -0.114. The molecule has 1 N–H and O–H groups in total. The second-order valence-corrected chi connectivity index (χ2v) is 11.1. The fourth-order valence-electron chi connectivity index (χ4n) is 2.35. The summed E-state index contributed by atoms with van der Waals surface area (Å²) in [6, 6.07) is 2.66. The summed E-state index contributed by atoms with van der Waals surface area (Å²) in [4.78, 5) is 16.2. The van der Waals surface area contributed by atoms with E-state index in [1.165, 1.54) is 25.3 Å². The minimum absolute atomic E-state index is 0.0205. The number of carbonyl (C=O) groups is 1. The van der Waals surface area contributed by atoms with Crippen LogP contribution in [0.3, 0.4) is 0 Å². The van der Waals surface area contributed by atoms with Crippen LogP contribution in [0.2, 0.25) is 5.02 Å². The number of amidine groups is 2. The van der Waals surface area contributed by atoms with Gasteiger partial charge in [0.05, 0.1) is 24.0 Å². The smallest absolute Gasteiger partial charge is 0.306 e. The van der Waals surface area contributed by atoms with Gasteiger partial charge < -0.3 is 8.92 Å². The second-order valence-electron chi connectivity index (χ2n) is 5.98. The Bertz CT molecular complexity index is 1280. The van der Waals surface area contributed by atoms with Crippen molar-refractivity contribution in [3.63, 3.8) is 0 Å². The first-order valence-corrected chi connectivity index (χ1v) is 12.7. The molecule has 0 bridgehead atoms. The summed E-state index contributed by atoms with van der Waals surface area (Å²) in [5, 5.41) is 12.8. The number of nitrogens with zero attached hydrogens (tertiary/aromatic N) is 3. The molecular formula is C15H13ClN4O7S3. The van der Waals surface area contributed by atoms with Crippen LogP contribution in [0.4, 0.5) is 0 Å². The fraction of sp³-hybridized carbons (Fsp3) is 0.200. The molecule has 0 spiro atoms. The van der Waals surface area contributed by atoms with Crippen LogP contribution >= 0.6 is 23.4 Å². The normalized spacial score (nSPS) is 18.3. The summed E-state index contributed by atoms with van der Waals surface area (Å²) in [6.07, 6.45) is 3.06. The average Bonchev–Trinajstić information content (AvgIpc) is 3.04. The Morgan fingerprint density at radius 2 is 1.90 bits per heavy atom. The van der Waals surface area contributed by atoms with Gasteiger partial charge >= 0.3 is 10.1 Å². The van der Waals surface area contributed by atoms with E-state index >= 15 is 0 Å². The topological polar surface area (TPSA) is 156 Å². The van der Waals surface area contributed by atoms with E-state index in [2.05, 4.69) is 10.1 Å². The first kappa shape index (κ1) is 22.3. The number of carbonyl (C=O) groups excluding carboxylic acids is 1. The summed E-state index contributed by atoms with van der Waals surface area (Å²) in [6.45, 7) is 0. The van der Waals surface area contributed by atoms with Crippen LogP contribution < -0.4 is 8.92 Å². The van der Waals surface area contributed by atoms with Crippen molar-refractivity contribution < 1.29 is 30.6 Å². The van der Waals surface area contributed by atoms with Crippen molar-refractivity contribution in [3.8, 4) is 11.5 Å². The van der Waals surface area contributed by atoms with Crippen molar-refractivity contribution >= 4 is 70.7 Å². The van der Waals surface area contributed by atoms with Crippen molar-refractivity contribution in [2.24, 2.45) is 10.1 Å². The highest BCUT2D eigenvalue weighted by atomic mass is 35.5. The predicted molar refractivity (Wildman–Crippen MR) is 113 cm³/mol. The summed E-state index contributed by atoms with van der Waals surface area (Å²) in [7, 11) is -6.25. The molecule has 2 aliphatic heterocycles. The van der Waals surface area contributed by atoms with E-state index in [0.717, 1.165) is 17.5 Å². The Morgan fingerprint density at radius 1 is 1.23 bits per heavy atom. The maximum Gasteiger partial charge on any atom is 0.306 e. The first-order valence-electron chi connectivity index (χ1n) is 7.77. The molecule has 0 unspecified atom stereocenters. The fourth-order valence-corrected chi connectivity index (χ4v) is 4.81. The van der Waals surface area contributed by atoms with E-state index in [0.29, 0.717) is 11.8 Å². The molecule has 0 aliphatic carbocycles. The molecule has 0 fully saturated rings. The highest BCUT2D eigenvalue weighted by Gasteiger charge is 2.38. The molecule has 2 aliphatic rings. The molecule has 160 valence electrons. The van der Waals surface area contributed by atoms with Gasteiger partial charge in [0.2, 0.25) is 25.1 Å². The summed E-state index contributed by atoms with van der Waals surface area (Å²) in [5.41, 5.74) is 0.0939.